The van der Waals surface area contributed by atoms with Crippen LogP contribution < -0.4 is 10.4 Å². The molecule has 1 heterocycles. The van der Waals surface area contributed by atoms with Gasteiger partial charge in [-0.25, -0.2) is 4.98 Å². The Labute approximate surface area is 149 Å². The molecule has 0 aliphatic heterocycles. The number of rotatable bonds is 0. The van der Waals surface area contributed by atoms with Crippen LogP contribution in [0.3, 0.4) is 0 Å². The predicted molar refractivity (Wildman–Crippen MR) is 96.2 cm³/mol. The number of ketones is 2. The lowest BCUT2D eigenvalue weighted by atomic mass is 9.88. The maximum absolute atomic E-state index is 12.4. The van der Waals surface area contributed by atoms with Gasteiger partial charge in [-0.15, -0.1) is 5.10 Å². The summed E-state index contributed by atoms with van der Waals surface area (Å²) in [5.41, 5.74) is 1.61. The van der Waals surface area contributed by atoms with Crippen LogP contribution in [0.2, 0.25) is 0 Å². The molecule has 2 aliphatic rings. The van der Waals surface area contributed by atoms with Gasteiger partial charge >= 0.3 is 0 Å². The second kappa shape index (κ2) is 6.80. The fraction of sp³-hybridized carbons (Fsp3) is 0.0952. The van der Waals surface area contributed by atoms with Crippen LogP contribution in [0, 0.1) is 10.4 Å². The van der Waals surface area contributed by atoms with Gasteiger partial charge in [-0.05, 0) is 32.5 Å². The number of hydrogen-bond acceptors (Lipinski definition) is 5. The topological polar surface area (TPSA) is 72.8 Å². The molecule has 0 bridgehead atoms. The number of aromatic nitrogens is 3. The molecule has 0 saturated carbocycles. The molecule has 0 N–H and O–H groups in total. The second-order valence-corrected chi connectivity index (χ2v) is 6.07. The normalized spacial score (nSPS) is 13.8. The first-order valence-corrected chi connectivity index (χ1v) is 8.30. The van der Waals surface area contributed by atoms with E-state index in [4.69, 9.17) is 0 Å². The van der Waals surface area contributed by atoms with E-state index in [9.17, 15) is 9.59 Å². The van der Waals surface area contributed by atoms with Crippen molar-refractivity contribution >= 4 is 23.7 Å². The molecule has 0 fully saturated rings. The van der Waals surface area contributed by atoms with Gasteiger partial charge in [0.25, 0.3) is 0 Å². The van der Waals surface area contributed by atoms with Gasteiger partial charge in [-0.1, -0.05) is 42.5 Å². The van der Waals surface area contributed by atoms with E-state index in [-0.39, 0.29) is 11.6 Å². The third kappa shape index (κ3) is 2.95. The monoisotopic (exact) mass is 341 g/mol. The summed E-state index contributed by atoms with van der Waals surface area (Å²) >= 11 is 0. The molecule has 0 amide bonds. The van der Waals surface area contributed by atoms with E-state index >= 15 is 0 Å². The molecule has 3 aromatic rings. The third-order valence-electron chi connectivity index (χ3n) is 4.46. The fourth-order valence-electron chi connectivity index (χ4n) is 3.33. The van der Waals surface area contributed by atoms with Crippen LogP contribution in [0.25, 0.3) is 12.2 Å². The largest absolute Gasteiger partial charge is 0.299 e. The van der Waals surface area contributed by atoms with Crippen LogP contribution in [0.15, 0.2) is 55.1 Å². The minimum atomic E-state index is 0.0126. The molecule has 5 heteroatoms. The molecule has 5 nitrogen and oxygen atoms in total. The number of fused-ring (bicyclic) bond motifs is 4. The lowest BCUT2D eigenvalue weighted by Crippen LogP contribution is -2.26. The molecule has 0 radical (unpaired) electrons. The summed E-state index contributed by atoms with van der Waals surface area (Å²) in [4.78, 5) is 27.8. The predicted octanol–water partition coefficient (Wildman–Crippen LogP) is 1.12. The molecule has 1 aromatic heterocycles. The van der Waals surface area contributed by atoms with Crippen molar-refractivity contribution in [1.82, 2.24) is 15.2 Å². The van der Waals surface area contributed by atoms with E-state index < -0.39 is 0 Å². The zero-order chi connectivity index (χ0) is 17.9. The number of benzene rings is 2. The Kier molecular flexibility index (Phi) is 4.19. The Morgan fingerprint density at radius 2 is 1.73 bits per heavy atom. The van der Waals surface area contributed by atoms with Crippen molar-refractivity contribution < 1.29 is 9.59 Å². The van der Waals surface area contributed by atoms with Gasteiger partial charge in [0.1, 0.15) is 12.1 Å². The Morgan fingerprint density at radius 3 is 2.46 bits per heavy atom. The molecule has 0 spiro atoms. The quantitative estimate of drug-likeness (QED) is 0.613. The maximum atomic E-state index is 12.4. The van der Waals surface area contributed by atoms with Gasteiger partial charge < -0.3 is 0 Å². The molecule has 0 saturated heterocycles. The fourth-order valence-corrected chi connectivity index (χ4v) is 3.33. The van der Waals surface area contributed by atoms with Crippen molar-refractivity contribution in [3.05, 3.63) is 87.1 Å². The molecule has 2 aromatic carbocycles. The summed E-state index contributed by atoms with van der Waals surface area (Å²) in [5.74, 6) is 0.191. The molecule has 26 heavy (non-hydrogen) atoms. The van der Waals surface area contributed by atoms with E-state index in [1.54, 1.807) is 12.3 Å². The molecule has 126 valence electrons. The van der Waals surface area contributed by atoms with Crippen molar-refractivity contribution in [3.63, 3.8) is 0 Å². The van der Waals surface area contributed by atoms with Crippen molar-refractivity contribution in [2.24, 2.45) is 0 Å². The van der Waals surface area contributed by atoms with Crippen molar-refractivity contribution in [2.75, 3.05) is 0 Å². The van der Waals surface area contributed by atoms with E-state index in [2.05, 4.69) is 15.2 Å². The van der Waals surface area contributed by atoms with E-state index in [0.717, 1.165) is 26.4 Å². The lowest BCUT2D eigenvalue weighted by Gasteiger charge is -2.14. The molecule has 2 aliphatic carbocycles. The van der Waals surface area contributed by atoms with Crippen molar-refractivity contribution in [3.8, 4) is 0 Å². The Balaban J connectivity index is 0.000000240. The molecule has 0 unspecified atom stereocenters. The molecule has 0 atom stereocenters. The molecule has 5 rings (SSSR count). The average molecular weight is 341 g/mol. The summed E-state index contributed by atoms with van der Waals surface area (Å²) in [5, 5.41) is 10.9. The van der Waals surface area contributed by atoms with Gasteiger partial charge in [0.15, 0.2) is 5.78 Å². The van der Waals surface area contributed by atoms with Crippen LogP contribution >= 0.6 is 0 Å². The Morgan fingerprint density at radius 1 is 0.846 bits per heavy atom. The average Bonchev–Trinajstić information content (AvgIpc) is 2.69. The van der Waals surface area contributed by atoms with Crippen molar-refractivity contribution in [1.29, 1.82) is 0 Å². The first kappa shape index (κ1) is 16.0. The summed E-state index contributed by atoms with van der Waals surface area (Å²) in [7, 11) is 0. The highest BCUT2D eigenvalue weighted by Crippen LogP contribution is 2.16. The van der Waals surface area contributed by atoms with Crippen LogP contribution in [-0.4, -0.2) is 26.7 Å². The van der Waals surface area contributed by atoms with Gasteiger partial charge in [0.2, 0.25) is 0 Å². The maximum Gasteiger partial charge on any atom is 0.187 e. The van der Waals surface area contributed by atoms with Crippen LogP contribution in [0.5, 0.6) is 0 Å². The molecular weight excluding hydrogens is 326 g/mol. The minimum absolute atomic E-state index is 0.0126. The van der Waals surface area contributed by atoms with E-state index in [1.165, 1.54) is 12.5 Å². The smallest absolute Gasteiger partial charge is 0.187 e. The first-order valence-electron chi connectivity index (χ1n) is 8.30. The summed E-state index contributed by atoms with van der Waals surface area (Å²) < 4.78 is 0. The standard InChI is InChI=1S/C18H12O2.C3H3N3/c19-13-7-5-11-6-8-15-14-4-2-1-3-12(14)9-17(20)18(15)16(11)10-13;1-2-5-6-3-4-1/h1-6,8-9H,7,10H2;1-3H. The van der Waals surface area contributed by atoms with Crippen molar-refractivity contribution in [2.45, 2.75) is 12.8 Å². The zero-order valence-electron chi connectivity index (χ0n) is 13.9. The Bertz CT molecular complexity index is 1190. The van der Waals surface area contributed by atoms with Gasteiger partial charge in [0.05, 0.1) is 6.20 Å². The summed E-state index contributed by atoms with van der Waals surface area (Å²) in [6, 6.07) is 11.9. The first-order chi connectivity index (χ1) is 12.7. The molecular formula is C21H15N3O2. The number of carbonyl (C=O) groups excluding carboxylic acids is 2. The van der Waals surface area contributed by atoms with Crippen LogP contribution in [-0.2, 0) is 11.2 Å². The van der Waals surface area contributed by atoms with Crippen LogP contribution in [0.4, 0.5) is 0 Å². The Hall–Kier alpha value is -3.47. The lowest BCUT2D eigenvalue weighted by molar-refractivity contribution is -0.117. The number of nitrogens with zero attached hydrogens (tertiary/aromatic N) is 3. The van der Waals surface area contributed by atoms with Crippen LogP contribution in [0.1, 0.15) is 22.3 Å². The minimum Gasteiger partial charge on any atom is -0.299 e. The van der Waals surface area contributed by atoms with Gasteiger partial charge in [0, 0.05) is 24.6 Å². The SMILES string of the molecule is O=C1CC=c2ccc3c(c2C1)C(=O)C=c1ccccc1=3.c1cnncn1. The highest BCUT2D eigenvalue weighted by Gasteiger charge is 2.19. The summed E-state index contributed by atoms with van der Waals surface area (Å²) in [6.45, 7) is 0. The third-order valence-corrected chi connectivity index (χ3v) is 4.46. The highest BCUT2D eigenvalue weighted by atomic mass is 16.1. The number of carbonyl (C=O) groups is 2. The highest BCUT2D eigenvalue weighted by molar-refractivity contribution is 6.19. The van der Waals surface area contributed by atoms with Gasteiger partial charge in [-0.3, -0.25) is 9.59 Å². The second-order valence-electron chi connectivity index (χ2n) is 6.07. The number of Topliss-reactive ketones (excluding diaryl/α,β-unsaturated/α-hetero) is 2. The number of hydrogen-bond donors (Lipinski definition) is 0. The zero-order valence-corrected chi connectivity index (χ0v) is 13.9. The van der Waals surface area contributed by atoms with Gasteiger partial charge in [-0.2, -0.15) is 5.10 Å². The van der Waals surface area contributed by atoms with E-state index in [0.29, 0.717) is 18.4 Å². The van der Waals surface area contributed by atoms with E-state index in [1.807, 2.05) is 42.5 Å². The summed E-state index contributed by atoms with van der Waals surface area (Å²) in [6.07, 6.45) is 8.94.